The Hall–Kier alpha value is -3.23. The molecule has 160 valence electrons. The van der Waals surface area contributed by atoms with Gasteiger partial charge in [0.15, 0.2) is 6.17 Å². The van der Waals surface area contributed by atoms with Gasteiger partial charge < -0.3 is 19.5 Å². The summed E-state index contributed by atoms with van der Waals surface area (Å²) in [6.45, 7) is 1.80. The number of hydrogen-bond donors (Lipinski definition) is 1. The van der Waals surface area contributed by atoms with Crippen LogP contribution in [0.15, 0.2) is 54.9 Å². The van der Waals surface area contributed by atoms with E-state index in [1.165, 1.54) is 0 Å². The van der Waals surface area contributed by atoms with Crippen molar-refractivity contribution in [3.8, 4) is 22.9 Å². The highest BCUT2D eigenvalue weighted by Crippen LogP contribution is 2.30. The van der Waals surface area contributed by atoms with Crippen LogP contribution in [0.1, 0.15) is 0 Å². The number of para-hydroxylation sites is 1. The maximum atomic E-state index is 14.0. The molecule has 1 fully saturated rings. The largest absolute Gasteiger partial charge is 0.491 e. The van der Waals surface area contributed by atoms with Crippen LogP contribution in [0.3, 0.4) is 0 Å². The molecule has 7 nitrogen and oxygen atoms in total. The van der Waals surface area contributed by atoms with Gasteiger partial charge in [0.05, 0.1) is 24.2 Å². The van der Waals surface area contributed by atoms with Gasteiger partial charge in [-0.2, -0.15) is 0 Å². The van der Waals surface area contributed by atoms with Gasteiger partial charge >= 0.3 is 0 Å². The summed E-state index contributed by atoms with van der Waals surface area (Å²) < 4.78 is 32.7. The van der Waals surface area contributed by atoms with Gasteiger partial charge in [-0.25, -0.2) is 14.4 Å². The van der Waals surface area contributed by atoms with E-state index in [1.807, 2.05) is 53.1 Å². The molecule has 0 unspecified atom stereocenters. The highest BCUT2D eigenvalue weighted by Gasteiger charge is 2.29. The number of nitrogens with zero attached hydrogens (tertiary/aromatic N) is 3. The predicted octanol–water partition coefficient (Wildman–Crippen LogP) is 3.26. The molecule has 1 N–H and O–H groups in total. The third kappa shape index (κ3) is 3.92. The van der Waals surface area contributed by atoms with E-state index in [0.29, 0.717) is 37.6 Å². The SMILES string of the molecule is COCCOc1ccn2c(-c3ccc4cccc(O[C@H]5CNC[C@H]5F)c4n3)cnc2c1. The van der Waals surface area contributed by atoms with Gasteiger partial charge in [0.1, 0.15) is 35.4 Å². The quantitative estimate of drug-likeness (QED) is 0.461. The monoisotopic (exact) mass is 422 g/mol. The van der Waals surface area contributed by atoms with Crippen molar-refractivity contribution in [2.45, 2.75) is 12.3 Å². The topological polar surface area (TPSA) is 69.9 Å². The lowest BCUT2D eigenvalue weighted by atomic mass is 10.1. The van der Waals surface area contributed by atoms with Gasteiger partial charge in [0.25, 0.3) is 0 Å². The minimum Gasteiger partial charge on any atom is -0.491 e. The zero-order chi connectivity index (χ0) is 21.2. The molecule has 4 heterocycles. The number of nitrogens with one attached hydrogen (secondary N) is 1. The Morgan fingerprint density at radius 3 is 2.94 bits per heavy atom. The lowest BCUT2D eigenvalue weighted by molar-refractivity contribution is 0.141. The fourth-order valence-corrected chi connectivity index (χ4v) is 3.74. The fraction of sp³-hybridized carbons (Fsp3) is 0.304. The van der Waals surface area contributed by atoms with Crippen LogP contribution >= 0.6 is 0 Å². The maximum absolute atomic E-state index is 14.0. The number of methoxy groups -OCH3 is 1. The van der Waals surface area contributed by atoms with Crippen molar-refractivity contribution in [1.29, 1.82) is 0 Å². The van der Waals surface area contributed by atoms with Crippen LogP contribution in [0, 0.1) is 0 Å². The molecule has 0 amide bonds. The lowest BCUT2D eigenvalue weighted by Crippen LogP contribution is -2.27. The summed E-state index contributed by atoms with van der Waals surface area (Å²) >= 11 is 0. The zero-order valence-electron chi connectivity index (χ0n) is 17.1. The number of fused-ring (bicyclic) bond motifs is 2. The lowest BCUT2D eigenvalue weighted by Gasteiger charge is -2.16. The summed E-state index contributed by atoms with van der Waals surface area (Å²) in [4.78, 5) is 9.34. The molecule has 8 heteroatoms. The Morgan fingerprint density at radius 1 is 1.16 bits per heavy atom. The number of hydrogen-bond acceptors (Lipinski definition) is 6. The second-order valence-electron chi connectivity index (χ2n) is 7.43. The van der Waals surface area contributed by atoms with E-state index in [4.69, 9.17) is 19.2 Å². The van der Waals surface area contributed by atoms with Crippen LogP contribution in [0.4, 0.5) is 4.39 Å². The molecule has 0 saturated carbocycles. The van der Waals surface area contributed by atoms with Crippen molar-refractivity contribution in [2.24, 2.45) is 0 Å². The summed E-state index contributed by atoms with van der Waals surface area (Å²) in [5.74, 6) is 1.31. The van der Waals surface area contributed by atoms with Crippen molar-refractivity contribution in [3.63, 3.8) is 0 Å². The van der Waals surface area contributed by atoms with E-state index in [9.17, 15) is 4.39 Å². The van der Waals surface area contributed by atoms with E-state index >= 15 is 0 Å². The number of imidazole rings is 1. The molecule has 5 rings (SSSR count). The standard InChI is InChI=1S/C23H23FN4O3/c1-29-9-10-30-16-7-8-28-19(13-26-22(28)11-16)18-6-5-15-3-2-4-20(23(15)27-18)31-21-14-25-12-17(21)24/h2-8,11,13,17,21,25H,9-10,12,14H2,1H3/t17-,21+/m1/s1. The van der Waals surface area contributed by atoms with Crippen LogP contribution in [0.25, 0.3) is 27.9 Å². The zero-order valence-corrected chi connectivity index (χ0v) is 17.1. The molecule has 1 aromatic carbocycles. The van der Waals surface area contributed by atoms with Gasteiger partial charge in [0, 0.05) is 37.8 Å². The Balaban J connectivity index is 1.48. The third-order valence-corrected chi connectivity index (χ3v) is 5.35. The van der Waals surface area contributed by atoms with Crippen molar-refractivity contribution < 1.29 is 18.6 Å². The van der Waals surface area contributed by atoms with E-state index in [0.717, 1.165) is 28.2 Å². The normalized spacial score (nSPS) is 18.6. The second kappa shape index (κ2) is 8.49. The van der Waals surface area contributed by atoms with Gasteiger partial charge in [-0.05, 0) is 18.2 Å². The highest BCUT2D eigenvalue weighted by atomic mass is 19.1. The number of ether oxygens (including phenoxy) is 3. The Bertz CT molecular complexity index is 1210. The van der Waals surface area contributed by atoms with E-state index in [2.05, 4.69) is 10.3 Å². The van der Waals surface area contributed by atoms with Crippen LogP contribution in [0.2, 0.25) is 0 Å². The van der Waals surface area contributed by atoms with Crippen LogP contribution < -0.4 is 14.8 Å². The number of halogens is 1. The smallest absolute Gasteiger partial charge is 0.150 e. The highest BCUT2D eigenvalue weighted by molar-refractivity contribution is 5.86. The molecule has 3 aromatic heterocycles. The molecule has 0 spiro atoms. The molecule has 1 aliphatic heterocycles. The molecule has 4 aromatic rings. The van der Waals surface area contributed by atoms with Crippen LogP contribution in [-0.2, 0) is 4.74 Å². The molecule has 0 aliphatic carbocycles. The summed E-state index contributed by atoms with van der Waals surface area (Å²) in [5.41, 5.74) is 3.06. The molecular formula is C23H23FN4O3. The van der Waals surface area contributed by atoms with E-state index in [-0.39, 0.29) is 0 Å². The molecule has 1 aliphatic rings. The first kappa shape index (κ1) is 19.7. The molecule has 0 radical (unpaired) electrons. The van der Waals surface area contributed by atoms with Crippen LogP contribution in [0.5, 0.6) is 11.5 Å². The average molecular weight is 422 g/mol. The first-order chi connectivity index (χ1) is 15.2. The Kier molecular flexibility index (Phi) is 5.40. The van der Waals surface area contributed by atoms with E-state index < -0.39 is 12.3 Å². The van der Waals surface area contributed by atoms with Crippen molar-refractivity contribution in [2.75, 3.05) is 33.4 Å². The van der Waals surface area contributed by atoms with Crippen LogP contribution in [-0.4, -0.2) is 60.1 Å². The van der Waals surface area contributed by atoms with Gasteiger partial charge in [-0.1, -0.05) is 18.2 Å². The summed E-state index contributed by atoms with van der Waals surface area (Å²) in [6, 6.07) is 13.4. The Morgan fingerprint density at radius 2 is 2.10 bits per heavy atom. The maximum Gasteiger partial charge on any atom is 0.150 e. The van der Waals surface area contributed by atoms with Crippen molar-refractivity contribution in [1.82, 2.24) is 19.7 Å². The number of benzene rings is 1. The molecule has 1 saturated heterocycles. The molecule has 0 bridgehead atoms. The fourth-order valence-electron chi connectivity index (χ4n) is 3.74. The van der Waals surface area contributed by atoms with Gasteiger partial charge in [-0.3, -0.25) is 4.40 Å². The third-order valence-electron chi connectivity index (χ3n) is 5.35. The predicted molar refractivity (Wildman–Crippen MR) is 115 cm³/mol. The first-order valence-corrected chi connectivity index (χ1v) is 10.2. The van der Waals surface area contributed by atoms with Gasteiger partial charge in [-0.15, -0.1) is 0 Å². The number of rotatable bonds is 7. The average Bonchev–Trinajstić information content (AvgIpc) is 3.40. The van der Waals surface area contributed by atoms with Crippen molar-refractivity contribution >= 4 is 16.6 Å². The van der Waals surface area contributed by atoms with Crippen molar-refractivity contribution in [3.05, 3.63) is 54.9 Å². The van der Waals surface area contributed by atoms with Gasteiger partial charge in [0.2, 0.25) is 0 Å². The first-order valence-electron chi connectivity index (χ1n) is 10.2. The molecule has 2 atom stereocenters. The molecular weight excluding hydrogens is 399 g/mol. The number of aromatic nitrogens is 3. The number of alkyl halides is 1. The summed E-state index contributed by atoms with van der Waals surface area (Å²) in [6.07, 6.45) is 2.15. The van der Waals surface area contributed by atoms with E-state index in [1.54, 1.807) is 13.3 Å². The minimum absolute atomic E-state index is 0.313. The minimum atomic E-state index is -1.03. The summed E-state index contributed by atoms with van der Waals surface area (Å²) in [5, 5.41) is 3.95. The second-order valence-corrected chi connectivity index (χ2v) is 7.43. The molecule has 31 heavy (non-hydrogen) atoms. The Labute approximate surface area is 178 Å². The summed E-state index contributed by atoms with van der Waals surface area (Å²) in [7, 11) is 1.64. The number of pyridine rings is 2.